The van der Waals surface area contributed by atoms with Crippen molar-refractivity contribution in [3.63, 3.8) is 0 Å². The smallest absolute Gasteiger partial charge is 0.219 e. The van der Waals surface area contributed by atoms with E-state index in [4.69, 9.17) is 19.9 Å². The Bertz CT molecular complexity index is 3000. The summed E-state index contributed by atoms with van der Waals surface area (Å²) in [5, 5.41) is 17.1. The highest BCUT2D eigenvalue weighted by atomic mass is 16.5. The summed E-state index contributed by atoms with van der Waals surface area (Å²) < 4.78 is 9.84. The summed E-state index contributed by atoms with van der Waals surface area (Å²) in [7, 11) is 1.93. The maximum Gasteiger partial charge on any atom is 0.219 e. The predicted molar refractivity (Wildman–Crippen MR) is 247 cm³/mol. The van der Waals surface area contributed by atoms with Crippen LogP contribution in [0.15, 0.2) is 67.4 Å². The van der Waals surface area contributed by atoms with Gasteiger partial charge in [-0.05, 0) is 66.1 Å². The van der Waals surface area contributed by atoms with E-state index in [0.29, 0.717) is 45.8 Å². The average Bonchev–Trinajstić information content (AvgIpc) is 4.12. The van der Waals surface area contributed by atoms with Gasteiger partial charge < -0.3 is 19.4 Å². The fraction of sp³-hybridized carbons (Fsp3) is 0.388. The molecule has 0 aliphatic carbocycles. The molecule has 0 bridgehead atoms. The molecule has 7 aromatic rings. The zero-order valence-corrected chi connectivity index (χ0v) is 37.6. The molecule has 332 valence electrons. The van der Waals surface area contributed by atoms with Crippen molar-refractivity contribution in [3.05, 3.63) is 101 Å². The van der Waals surface area contributed by atoms with Crippen molar-refractivity contribution >= 4 is 39.8 Å². The van der Waals surface area contributed by atoms with E-state index < -0.39 is 0 Å². The third kappa shape index (κ3) is 7.38. The Balaban J connectivity index is 1.04. The van der Waals surface area contributed by atoms with Gasteiger partial charge in [-0.1, -0.05) is 19.9 Å². The minimum atomic E-state index is 0.0462. The molecular weight excluding hydrogens is 819 g/mol. The molecule has 16 nitrogen and oxygen atoms in total. The molecular formula is C49H53N13O3. The van der Waals surface area contributed by atoms with Gasteiger partial charge in [0.15, 0.2) is 5.82 Å². The van der Waals surface area contributed by atoms with Crippen molar-refractivity contribution in [1.82, 2.24) is 54.2 Å². The molecule has 4 aliphatic rings. The van der Waals surface area contributed by atoms with Crippen molar-refractivity contribution in [2.75, 3.05) is 43.2 Å². The second kappa shape index (κ2) is 16.2. The van der Waals surface area contributed by atoms with Crippen LogP contribution in [0.4, 0.5) is 17.2 Å². The largest absolute Gasteiger partial charge is 0.381 e. The highest BCUT2D eigenvalue weighted by Crippen LogP contribution is 2.42. The maximum absolute atomic E-state index is 12.9. The topological polar surface area (TPSA) is 157 Å². The Labute approximate surface area is 377 Å². The molecule has 2 amide bonds. The first kappa shape index (κ1) is 40.8. The first-order valence-corrected chi connectivity index (χ1v) is 22.8. The summed E-state index contributed by atoms with van der Waals surface area (Å²) in [6, 6.07) is 13.2. The number of carbonyl (C=O) groups is 2. The van der Waals surface area contributed by atoms with Crippen molar-refractivity contribution < 1.29 is 14.3 Å². The summed E-state index contributed by atoms with van der Waals surface area (Å²) in [5.74, 6) is 1.94. The Hall–Kier alpha value is -6.94. The lowest BCUT2D eigenvalue weighted by molar-refractivity contribution is -0.130. The predicted octanol–water partition coefficient (Wildman–Crippen LogP) is 7.01. The van der Waals surface area contributed by atoms with Crippen LogP contribution in [0.3, 0.4) is 0 Å². The Morgan fingerprint density at radius 3 is 2.26 bits per heavy atom. The lowest BCUT2D eigenvalue weighted by Gasteiger charge is -2.29. The first-order chi connectivity index (χ1) is 31.6. The van der Waals surface area contributed by atoms with Crippen LogP contribution in [0.25, 0.3) is 44.4 Å². The van der Waals surface area contributed by atoms with Crippen molar-refractivity contribution in [1.29, 1.82) is 0 Å². The number of anilines is 3. The fourth-order valence-electron chi connectivity index (χ4n) is 10.1. The van der Waals surface area contributed by atoms with E-state index in [0.717, 1.165) is 116 Å². The number of hydrogen-bond donors (Lipinski definition) is 1. The number of hydrogen-bond acceptors (Lipinski definition) is 11. The molecule has 1 fully saturated rings. The van der Waals surface area contributed by atoms with E-state index in [1.807, 2.05) is 57.3 Å². The Morgan fingerprint density at radius 2 is 1.54 bits per heavy atom. The van der Waals surface area contributed by atoms with Crippen LogP contribution in [0.5, 0.6) is 0 Å². The molecule has 65 heavy (non-hydrogen) atoms. The average molecular weight is 872 g/mol. The van der Waals surface area contributed by atoms with Gasteiger partial charge in [-0.15, -0.1) is 5.10 Å². The molecule has 11 rings (SSSR count). The number of nitrogens with one attached hydrogen (secondary N) is 1. The van der Waals surface area contributed by atoms with Crippen molar-refractivity contribution in [3.8, 4) is 33.6 Å². The van der Waals surface area contributed by atoms with E-state index in [-0.39, 0.29) is 23.8 Å². The number of benzene rings is 2. The maximum atomic E-state index is 12.9. The zero-order valence-electron chi connectivity index (χ0n) is 37.6. The van der Waals surface area contributed by atoms with Crippen LogP contribution < -0.4 is 10.3 Å². The number of ether oxygens (including phenoxy) is 1. The fourth-order valence-corrected chi connectivity index (χ4v) is 10.1. The summed E-state index contributed by atoms with van der Waals surface area (Å²) in [5.41, 5.74) is 16.8. The molecule has 16 heteroatoms. The highest BCUT2D eigenvalue weighted by Gasteiger charge is 2.34. The number of aryl methyl sites for hydroxylation is 1. The third-order valence-corrected chi connectivity index (χ3v) is 13.6. The molecule has 0 unspecified atom stereocenters. The van der Waals surface area contributed by atoms with Gasteiger partial charge in [0.1, 0.15) is 5.82 Å². The lowest BCUT2D eigenvalue weighted by Crippen LogP contribution is -2.35. The van der Waals surface area contributed by atoms with E-state index in [2.05, 4.69) is 80.3 Å². The van der Waals surface area contributed by atoms with Gasteiger partial charge in [0.05, 0.1) is 41.6 Å². The molecule has 2 aromatic carbocycles. The Morgan fingerprint density at radius 1 is 0.785 bits per heavy atom. The number of fused-ring (bicyclic) bond motifs is 4. The highest BCUT2D eigenvalue weighted by molar-refractivity contribution is 6.00. The number of nitrogens with zero attached hydrogens (tertiary/aromatic N) is 12. The lowest BCUT2D eigenvalue weighted by atomic mass is 9.96. The SMILES string of the molecule is CC(=O)N1CCc2c(c(N3CCc4cc(-c5cnn(C)c5)ccc43)nn2Nc2cc(-c3nn(C4CCOCC4)c4c3CN(C(C)=O)CC4)c3cnc(-c4cnc(C(C)C)nc4)cc3c2)C1. The quantitative estimate of drug-likeness (QED) is 0.168. The second-order valence-corrected chi connectivity index (χ2v) is 18.2. The van der Waals surface area contributed by atoms with E-state index in [1.54, 1.807) is 13.8 Å². The molecule has 0 spiro atoms. The first-order valence-electron chi connectivity index (χ1n) is 22.8. The zero-order chi connectivity index (χ0) is 44.5. The van der Waals surface area contributed by atoms with Crippen molar-refractivity contribution in [2.45, 2.75) is 84.8 Å². The molecule has 9 heterocycles. The Kier molecular flexibility index (Phi) is 10.2. The summed E-state index contributed by atoms with van der Waals surface area (Å²) in [4.78, 5) is 48.1. The van der Waals surface area contributed by atoms with E-state index >= 15 is 0 Å². The molecule has 0 saturated carbocycles. The third-order valence-electron chi connectivity index (χ3n) is 13.6. The standard InChI is InChI=1S/C49H53N13O3/c1-29(2)48-51-22-35(23-52-48)43-20-34-19-37(21-39(40(34)25-50-43)47-41-27-58(30(3)63)13-9-45(41)61(55-47)38-11-16-65-17-12-38)54-62-46-10-14-59(31(4)64)28-42(46)49(56-62)60-15-8-33-18-32(6-7-44(33)60)36-24-53-57(5)26-36/h6-7,18-26,29,38,54H,8-17,27-28H2,1-5H3. The van der Waals surface area contributed by atoms with Crippen LogP contribution in [-0.4, -0.2) is 98.9 Å². The van der Waals surface area contributed by atoms with E-state index in [9.17, 15) is 9.59 Å². The van der Waals surface area contributed by atoms with Gasteiger partial charge in [-0.2, -0.15) is 15.0 Å². The van der Waals surface area contributed by atoms with Gasteiger partial charge in [0.2, 0.25) is 11.8 Å². The van der Waals surface area contributed by atoms with Gasteiger partial charge in [0, 0.05) is 148 Å². The number of pyridine rings is 1. The summed E-state index contributed by atoms with van der Waals surface area (Å²) >= 11 is 0. The summed E-state index contributed by atoms with van der Waals surface area (Å²) in [6.45, 7) is 11.8. The van der Waals surface area contributed by atoms with E-state index in [1.165, 1.54) is 11.3 Å². The molecule has 0 radical (unpaired) electrons. The number of aromatic nitrogens is 9. The van der Waals surface area contributed by atoms with Crippen LogP contribution in [-0.2, 0) is 53.7 Å². The van der Waals surface area contributed by atoms with Crippen LogP contribution >= 0.6 is 0 Å². The second-order valence-electron chi connectivity index (χ2n) is 18.2. The molecule has 5 aromatic heterocycles. The molecule has 1 saturated heterocycles. The monoisotopic (exact) mass is 871 g/mol. The summed E-state index contributed by atoms with van der Waals surface area (Å²) in [6.07, 6.45) is 13.6. The van der Waals surface area contributed by atoms with Crippen LogP contribution in [0.2, 0.25) is 0 Å². The number of carbonyl (C=O) groups excluding carboxylic acids is 2. The molecule has 1 N–H and O–H groups in total. The number of amides is 2. The van der Waals surface area contributed by atoms with Gasteiger partial charge in [-0.3, -0.25) is 29.4 Å². The normalized spacial score (nSPS) is 16.3. The van der Waals surface area contributed by atoms with Gasteiger partial charge >= 0.3 is 0 Å². The van der Waals surface area contributed by atoms with Crippen molar-refractivity contribution in [2.24, 2.45) is 7.05 Å². The number of rotatable bonds is 8. The van der Waals surface area contributed by atoms with Gasteiger partial charge in [-0.25, -0.2) is 9.97 Å². The van der Waals surface area contributed by atoms with Gasteiger partial charge in [0.25, 0.3) is 0 Å². The van der Waals surface area contributed by atoms with Crippen LogP contribution in [0, 0.1) is 0 Å². The van der Waals surface area contributed by atoms with Crippen LogP contribution in [0.1, 0.15) is 86.4 Å². The molecule has 0 atom stereocenters. The minimum absolute atomic E-state index is 0.0462. The minimum Gasteiger partial charge on any atom is -0.381 e. The molecule has 4 aliphatic heterocycles.